The number of nitrogens with zero attached hydrogens (tertiary/aromatic N) is 1. The van der Waals surface area contributed by atoms with Gasteiger partial charge in [0.15, 0.2) is 4.77 Å². The summed E-state index contributed by atoms with van der Waals surface area (Å²) in [6.07, 6.45) is 0. The first-order valence-electron chi connectivity index (χ1n) is 3.98. The van der Waals surface area contributed by atoms with E-state index in [1.54, 1.807) is 13.1 Å². The highest BCUT2D eigenvalue weighted by Crippen LogP contribution is 2.14. The Morgan fingerprint density at radius 2 is 2.21 bits per heavy atom. The van der Waals surface area contributed by atoms with Crippen LogP contribution in [0.4, 0.5) is 0 Å². The van der Waals surface area contributed by atoms with Gasteiger partial charge in [-0.3, -0.25) is 9.36 Å². The van der Waals surface area contributed by atoms with Crippen LogP contribution in [0.3, 0.4) is 0 Å². The number of hydrogen-bond acceptors (Lipinski definition) is 2. The molecule has 0 spiro atoms. The molecule has 3 nitrogen and oxygen atoms in total. The second-order valence-electron chi connectivity index (χ2n) is 2.98. The maximum Gasteiger partial charge on any atom is 0.261 e. The normalized spacial score (nSPS) is 10.7. The molecule has 14 heavy (non-hydrogen) atoms. The zero-order valence-corrected chi connectivity index (χ0v) is 9.78. The van der Waals surface area contributed by atoms with Gasteiger partial charge in [0.25, 0.3) is 5.56 Å². The van der Waals surface area contributed by atoms with Crippen LogP contribution in [0.2, 0.25) is 0 Å². The van der Waals surface area contributed by atoms with Crippen molar-refractivity contribution in [3.8, 4) is 0 Å². The van der Waals surface area contributed by atoms with Crippen molar-refractivity contribution in [3.05, 3.63) is 37.8 Å². The average molecular weight is 271 g/mol. The van der Waals surface area contributed by atoms with Gasteiger partial charge in [0, 0.05) is 11.5 Å². The van der Waals surface area contributed by atoms with E-state index >= 15 is 0 Å². The topological polar surface area (TPSA) is 37.8 Å². The lowest BCUT2D eigenvalue weighted by Gasteiger charge is -2.02. The summed E-state index contributed by atoms with van der Waals surface area (Å²) in [7, 11) is 1.66. The van der Waals surface area contributed by atoms with Gasteiger partial charge in [0.1, 0.15) is 0 Å². The first-order chi connectivity index (χ1) is 6.59. The quantitative estimate of drug-likeness (QED) is 0.747. The van der Waals surface area contributed by atoms with Crippen LogP contribution in [0.1, 0.15) is 0 Å². The number of halogens is 1. The molecule has 0 saturated heterocycles. The fourth-order valence-electron chi connectivity index (χ4n) is 1.28. The second kappa shape index (κ2) is 3.33. The Labute approximate surface area is 93.5 Å². The van der Waals surface area contributed by atoms with Gasteiger partial charge < -0.3 is 4.98 Å². The Balaban J connectivity index is 3.06. The summed E-state index contributed by atoms with van der Waals surface area (Å²) < 4.78 is 2.77. The Hall–Kier alpha value is -0.940. The summed E-state index contributed by atoms with van der Waals surface area (Å²) >= 11 is 8.34. The molecule has 0 bridgehead atoms. The molecule has 0 unspecified atom stereocenters. The van der Waals surface area contributed by atoms with Crippen LogP contribution in [0.5, 0.6) is 0 Å². The van der Waals surface area contributed by atoms with Crippen molar-refractivity contribution < 1.29 is 0 Å². The van der Waals surface area contributed by atoms with Crippen molar-refractivity contribution in [1.29, 1.82) is 0 Å². The average Bonchev–Trinajstić information content (AvgIpc) is 2.14. The Kier molecular flexibility index (Phi) is 2.28. The maximum atomic E-state index is 11.7. The molecular weight excluding hydrogens is 264 g/mol. The third-order valence-electron chi connectivity index (χ3n) is 2.06. The molecule has 0 amide bonds. The minimum absolute atomic E-state index is 0.0729. The number of fused-ring (bicyclic) bond motifs is 1. The monoisotopic (exact) mass is 270 g/mol. The standard InChI is InChI=1S/C9H7BrN2OS/c1-12-8(13)6-3-2-5(10)4-7(6)11-9(12)14/h2-4H,1H3,(H,11,14). The van der Waals surface area contributed by atoms with E-state index in [1.807, 2.05) is 12.1 Å². The van der Waals surface area contributed by atoms with E-state index in [0.29, 0.717) is 10.2 Å². The van der Waals surface area contributed by atoms with Crippen LogP contribution < -0.4 is 5.56 Å². The summed E-state index contributed by atoms with van der Waals surface area (Å²) in [6.45, 7) is 0. The third kappa shape index (κ3) is 1.42. The third-order valence-corrected chi connectivity index (χ3v) is 2.93. The lowest BCUT2D eigenvalue weighted by atomic mass is 10.2. The molecule has 0 aliphatic carbocycles. The number of hydrogen-bond donors (Lipinski definition) is 1. The molecule has 0 atom stereocenters. The van der Waals surface area contributed by atoms with E-state index in [9.17, 15) is 4.79 Å². The van der Waals surface area contributed by atoms with E-state index in [-0.39, 0.29) is 5.56 Å². The molecule has 0 aliphatic rings. The maximum absolute atomic E-state index is 11.7. The summed E-state index contributed by atoms with van der Waals surface area (Å²) in [6, 6.07) is 5.44. The fourth-order valence-corrected chi connectivity index (χ4v) is 1.83. The predicted octanol–water partition coefficient (Wildman–Crippen LogP) is 2.36. The van der Waals surface area contributed by atoms with Crippen molar-refractivity contribution in [2.75, 3.05) is 0 Å². The van der Waals surface area contributed by atoms with Crippen molar-refractivity contribution in [1.82, 2.24) is 9.55 Å². The molecule has 1 N–H and O–H groups in total. The van der Waals surface area contributed by atoms with Gasteiger partial charge in [-0.2, -0.15) is 0 Å². The molecule has 0 radical (unpaired) electrons. The molecule has 72 valence electrons. The van der Waals surface area contributed by atoms with Crippen molar-refractivity contribution in [2.45, 2.75) is 0 Å². The molecule has 5 heteroatoms. The number of rotatable bonds is 0. The highest BCUT2D eigenvalue weighted by atomic mass is 79.9. The molecule has 1 aromatic heterocycles. The van der Waals surface area contributed by atoms with Gasteiger partial charge in [-0.25, -0.2) is 0 Å². The molecule has 2 rings (SSSR count). The molecule has 2 aromatic rings. The molecule has 1 heterocycles. The zero-order valence-electron chi connectivity index (χ0n) is 7.37. The fraction of sp³-hybridized carbons (Fsp3) is 0.111. The first kappa shape index (κ1) is 9.61. The summed E-state index contributed by atoms with van der Waals surface area (Å²) in [4.78, 5) is 14.7. The number of aromatic nitrogens is 2. The SMILES string of the molecule is Cn1c(=S)[nH]c2cc(Br)ccc2c1=O. The Bertz CT molecular complexity index is 614. The van der Waals surface area contributed by atoms with Crippen LogP contribution in [-0.2, 0) is 7.05 Å². The minimum atomic E-state index is -0.0729. The molecular formula is C9H7BrN2OS. The van der Waals surface area contributed by atoms with E-state index in [4.69, 9.17) is 12.2 Å². The number of benzene rings is 1. The lowest BCUT2D eigenvalue weighted by molar-refractivity contribution is 0.824. The number of nitrogens with one attached hydrogen (secondary N) is 1. The highest BCUT2D eigenvalue weighted by Gasteiger charge is 2.01. The lowest BCUT2D eigenvalue weighted by Crippen LogP contribution is -2.18. The van der Waals surface area contributed by atoms with Gasteiger partial charge in [0.2, 0.25) is 0 Å². The Morgan fingerprint density at radius 1 is 1.50 bits per heavy atom. The van der Waals surface area contributed by atoms with Gasteiger partial charge in [-0.05, 0) is 30.4 Å². The van der Waals surface area contributed by atoms with Gasteiger partial charge in [-0.15, -0.1) is 0 Å². The molecule has 1 aromatic carbocycles. The number of aromatic amines is 1. The summed E-state index contributed by atoms with van der Waals surface area (Å²) in [5.74, 6) is 0. The summed E-state index contributed by atoms with van der Waals surface area (Å²) in [5, 5.41) is 0.643. The summed E-state index contributed by atoms with van der Waals surface area (Å²) in [5.41, 5.74) is 0.684. The molecule has 0 aliphatic heterocycles. The highest BCUT2D eigenvalue weighted by molar-refractivity contribution is 9.10. The molecule has 0 fully saturated rings. The molecule has 0 saturated carbocycles. The number of H-pyrrole nitrogens is 1. The van der Waals surface area contributed by atoms with Crippen molar-refractivity contribution >= 4 is 39.1 Å². The van der Waals surface area contributed by atoms with Gasteiger partial charge in [0.05, 0.1) is 10.9 Å². The van der Waals surface area contributed by atoms with Crippen LogP contribution >= 0.6 is 28.1 Å². The van der Waals surface area contributed by atoms with E-state index in [1.165, 1.54) is 4.57 Å². The van der Waals surface area contributed by atoms with Gasteiger partial charge in [-0.1, -0.05) is 15.9 Å². The van der Waals surface area contributed by atoms with Gasteiger partial charge >= 0.3 is 0 Å². The van der Waals surface area contributed by atoms with Crippen LogP contribution in [-0.4, -0.2) is 9.55 Å². The second-order valence-corrected chi connectivity index (χ2v) is 4.29. The van der Waals surface area contributed by atoms with E-state index in [2.05, 4.69) is 20.9 Å². The van der Waals surface area contributed by atoms with Crippen LogP contribution in [0.15, 0.2) is 27.5 Å². The smallest absolute Gasteiger partial charge is 0.261 e. The Morgan fingerprint density at radius 3 is 2.93 bits per heavy atom. The first-order valence-corrected chi connectivity index (χ1v) is 5.18. The predicted molar refractivity (Wildman–Crippen MR) is 62.1 cm³/mol. The van der Waals surface area contributed by atoms with E-state index in [0.717, 1.165) is 9.99 Å². The van der Waals surface area contributed by atoms with E-state index < -0.39 is 0 Å². The zero-order chi connectivity index (χ0) is 10.3. The largest absolute Gasteiger partial charge is 0.332 e. The van der Waals surface area contributed by atoms with Crippen LogP contribution in [0, 0.1) is 4.77 Å². The van der Waals surface area contributed by atoms with Crippen molar-refractivity contribution in [3.63, 3.8) is 0 Å². The van der Waals surface area contributed by atoms with Crippen molar-refractivity contribution in [2.24, 2.45) is 7.05 Å². The minimum Gasteiger partial charge on any atom is -0.332 e. The van der Waals surface area contributed by atoms with Crippen LogP contribution in [0.25, 0.3) is 10.9 Å².